The fourth-order valence-corrected chi connectivity index (χ4v) is 5.43. The normalized spacial score (nSPS) is 18.9. The second-order valence-corrected chi connectivity index (χ2v) is 12.1. The molecule has 2 aromatic carbocycles. The maximum atomic E-state index is 13.0. The second kappa shape index (κ2) is 12.1. The molecule has 8 nitrogen and oxygen atoms in total. The quantitative estimate of drug-likeness (QED) is 0.382. The number of hydrogen-bond donors (Lipinski definition) is 2. The van der Waals surface area contributed by atoms with Gasteiger partial charge >= 0.3 is 6.18 Å². The number of carbonyl (C=O) groups excluding carboxylic acids is 1. The van der Waals surface area contributed by atoms with Crippen molar-refractivity contribution in [3.05, 3.63) is 65.4 Å². The van der Waals surface area contributed by atoms with Gasteiger partial charge in [0.2, 0.25) is 5.88 Å². The Morgan fingerprint density at radius 3 is 2.50 bits per heavy atom. The van der Waals surface area contributed by atoms with Crippen molar-refractivity contribution in [3.63, 3.8) is 0 Å². The van der Waals surface area contributed by atoms with Crippen molar-refractivity contribution in [1.82, 2.24) is 10.3 Å². The van der Waals surface area contributed by atoms with Gasteiger partial charge in [0.15, 0.2) is 15.9 Å². The summed E-state index contributed by atoms with van der Waals surface area (Å²) in [6.45, 7) is 3.02. The van der Waals surface area contributed by atoms with Gasteiger partial charge in [-0.15, -0.1) is 0 Å². The number of rotatable bonds is 9. The van der Waals surface area contributed by atoms with E-state index in [4.69, 9.17) is 9.47 Å². The second-order valence-electron chi connectivity index (χ2n) is 9.80. The van der Waals surface area contributed by atoms with Crippen LogP contribution in [-0.4, -0.2) is 62.3 Å². The summed E-state index contributed by atoms with van der Waals surface area (Å²) in [4.78, 5) is 17.6. The van der Waals surface area contributed by atoms with Crippen molar-refractivity contribution < 1.29 is 41.0 Å². The van der Waals surface area contributed by atoms with Crippen LogP contribution in [0, 0.1) is 12.8 Å². The third-order valence-electron chi connectivity index (χ3n) is 6.89. The van der Waals surface area contributed by atoms with E-state index in [-0.39, 0.29) is 36.2 Å². The Labute approximate surface area is 230 Å². The molecule has 1 unspecified atom stereocenters. The summed E-state index contributed by atoms with van der Waals surface area (Å²) in [5, 5.41) is 14.0. The number of carbonyl (C=O) groups is 1. The van der Waals surface area contributed by atoms with Crippen LogP contribution in [-0.2, 0) is 14.6 Å². The maximum absolute atomic E-state index is 13.0. The maximum Gasteiger partial charge on any atom is 0.414 e. The van der Waals surface area contributed by atoms with E-state index in [1.165, 1.54) is 12.1 Å². The summed E-state index contributed by atoms with van der Waals surface area (Å²) in [7, 11) is -3.37. The molecule has 0 radical (unpaired) electrons. The minimum absolute atomic E-state index is 0.0341. The van der Waals surface area contributed by atoms with E-state index < -0.39 is 40.7 Å². The topological polar surface area (TPSA) is 115 Å². The molecule has 40 heavy (non-hydrogen) atoms. The highest BCUT2D eigenvalue weighted by Crippen LogP contribution is 2.32. The van der Waals surface area contributed by atoms with E-state index in [1.807, 2.05) is 0 Å². The zero-order valence-corrected chi connectivity index (χ0v) is 22.9. The molecule has 0 saturated carbocycles. The highest BCUT2D eigenvalue weighted by Gasteiger charge is 2.43. The number of benzene rings is 2. The van der Waals surface area contributed by atoms with Crippen molar-refractivity contribution in [2.24, 2.45) is 5.92 Å². The lowest BCUT2D eigenvalue weighted by Gasteiger charge is -2.30. The summed E-state index contributed by atoms with van der Waals surface area (Å²) in [5.41, 5.74) is 1.51. The number of aryl methyl sites for hydroxylation is 1. The fraction of sp³-hybridized carbons (Fsp3) is 0.429. The van der Waals surface area contributed by atoms with Gasteiger partial charge in [0, 0.05) is 22.6 Å². The van der Waals surface area contributed by atoms with Gasteiger partial charge in [-0.25, -0.2) is 13.4 Å². The Morgan fingerprint density at radius 1 is 1.18 bits per heavy atom. The molecule has 1 aliphatic heterocycles. The van der Waals surface area contributed by atoms with E-state index in [1.54, 1.807) is 50.2 Å². The number of hydrogen-bond acceptors (Lipinski definition) is 7. The fourth-order valence-electron chi connectivity index (χ4n) is 4.55. The molecule has 12 heteroatoms. The zero-order chi connectivity index (χ0) is 29.1. The van der Waals surface area contributed by atoms with Crippen molar-refractivity contribution in [1.29, 1.82) is 0 Å². The van der Waals surface area contributed by atoms with Crippen molar-refractivity contribution in [3.8, 4) is 5.88 Å². The van der Waals surface area contributed by atoms with Gasteiger partial charge in [0.25, 0.3) is 5.91 Å². The van der Waals surface area contributed by atoms with Gasteiger partial charge in [-0.3, -0.25) is 4.79 Å². The third kappa shape index (κ3) is 6.91. The van der Waals surface area contributed by atoms with Crippen LogP contribution in [0.3, 0.4) is 0 Å². The number of sulfone groups is 1. The van der Waals surface area contributed by atoms with E-state index in [9.17, 15) is 31.5 Å². The molecule has 1 aliphatic rings. The van der Waals surface area contributed by atoms with Crippen molar-refractivity contribution in [2.45, 2.75) is 49.9 Å². The number of nitrogens with zero attached hydrogens (tertiary/aromatic N) is 1. The van der Waals surface area contributed by atoms with Crippen molar-refractivity contribution in [2.75, 3.05) is 25.6 Å². The lowest BCUT2D eigenvalue weighted by atomic mass is 9.99. The first-order chi connectivity index (χ1) is 18.9. The molecule has 2 heterocycles. The van der Waals surface area contributed by atoms with Crippen LogP contribution >= 0.6 is 0 Å². The lowest BCUT2D eigenvalue weighted by molar-refractivity contribution is -0.236. The molecular formula is C28H31F3N2O6S. The third-order valence-corrected chi connectivity index (χ3v) is 8.64. The van der Waals surface area contributed by atoms with E-state index in [2.05, 4.69) is 10.3 Å². The molecule has 216 valence electrons. The number of aliphatic hydroxyl groups is 1. The average Bonchev–Trinajstić information content (AvgIpc) is 2.93. The average molecular weight is 581 g/mol. The number of ether oxygens (including phenoxy) is 2. The number of amides is 1. The summed E-state index contributed by atoms with van der Waals surface area (Å²) in [6.07, 6.45) is -5.91. The van der Waals surface area contributed by atoms with Crippen LogP contribution in [0.25, 0.3) is 10.8 Å². The van der Waals surface area contributed by atoms with Gasteiger partial charge in [0.1, 0.15) is 0 Å². The van der Waals surface area contributed by atoms with Crippen LogP contribution in [0.2, 0.25) is 0 Å². The molecule has 2 N–H and O–H groups in total. The van der Waals surface area contributed by atoms with E-state index in [0.29, 0.717) is 39.9 Å². The Morgan fingerprint density at radius 2 is 1.90 bits per heavy atom. The summed E-state index contributed by atoms with van der Waals surface area (Å²) in [5.74, 6) is -0.363. The molecule has 1 saturated heterocycles. The van der Waals surface area contributed by atoms with Gasteiger partial charge in [-0.1, -0.05) is 19.1 Å². The first-order valence-electron chi connectivity index (χ1n) is 12.9. The van der Waals surface area contributed by atoms with Crippen molar-refractivity contribution >= 4 is 26.5 Å². The molecule has 1 fully saturated rings. The minimum Gasteiger partial charge on any atom is -0.477 e. The number of pyridine rings is 1. The first-order valence-corrected chi connectivity index (χ1v) is 14.5. The Hall–Kier alpha value is -3.22. The van der Waals surface area contributed by atoms with Gasteiger partial charge < -0.3 is 19.9 Å². The molecule has 0 bridgehead atoms. The van der Waals surface area contributed by atoms with Crippen LogP contribution in [0.4, 0.5) is 13.2 Å². The number of nitrogens with one attached hydrogen (secondary N) is 1. The number of fused-ring (bicyclic) bond motifs is 1. The molecule has 3 atom stereocenters. The van der Waals surface area contributed by atoms with E-state index >= 15 is 0 Å². The smallest absolute Gasteiger partial charge is 0.414 e. The number of halogens is 3. The standard InChI is InChI=1S/C28H31F3N2O6S/c1-3-40(36,37)22-8-5-19(6-9-22)24(14-34)33-26(35)20-7-10-23-21(13-20)12-17(2)32-27(23)39-16-18-4-11-25(38-15-18)28(29,30)31/h5-10,12-13,18,24-25,34H,3-4,11,14-16H2,1-2H3,(H,33,35)/t18-,24?,25+/m0/s1. The van der Waals surface area contributed by atoms with Gasteiger partial charge in [0.05, 0.1) is 36.5 Å². The molecule has 1 amide bonds. The highest BCUT2D eigenvalue weighted by atomic mass is 32.2. The Balaban J connectivity index is 1.45. The largest absolute Gasteiger partial charge is 0.477 e. The highest BCUT2D eigenvalue weighted by molar-refractivity contribution is 7.91. The van der Waals surface area contributed by atoms with E-state index in [0.717, 1.165) is 0 Å². The lowest BCUT2D eigenvalue weighted by Crippen LogP contribution is -2.38. The number of aromatic nitrogens is 1. The van der Waals surface area contributed by atoms with Crippen LogP contribution in [0.1, 0.15) is 47.4 Å². The van der Waals surface area contributed by atoms with Crippen LogP contribution < -0.4 is 10.1 Å². The Bertz CT molecular complexity index is 1450. The van der Waals surface area contributed by atoms with Gasteiger partial charge in [-0.05, 0) is 67.1 Å². The summed E-state index contributed by atoms with van der Waals surface area (Å²) in [6, 6.07) is 12.0. The molecule has 0 aliphatic carbocycles. The molecule has 3 aromatic rings. The summed E-state index contributed by atoms with van der Waals surface area (Å²) >= 11 is 0. The monoisotopic (exact) mass is 580 g/mol. The number of aliphatic hydroxyl groups excluding tert-OH is 1. The number of alkyl halides is 3. The zero-order valence-electron chi connectivity index (χ0n) is 22.1. The minimum atomic E-state index is -4.37. The van der Waals surface area contributed by atoms with Gasteiger partial charge in [-0.2, -0.15) is 13.2 Å². The molecular weight excluding hydrogens is 549 g/mol. The Kier molecular flexibility index (Phi) is 9.01. The first kappa shape index (κ1) is 29.8. The van der Waals surface area contributed by atoms with Crippen LogP contribution in [0.5, 0.6) is 5.88 Å². The molecule has 1 aromatic heterocycles. The SMILES string of the molecule is CCS(=O)(=O)c1ccc(C(CO)NC(=O)c2ccc3c(OC[C@H]4CC[C@H](C(F)(F)F)OC4)nc(C)cc3c2)cc1. The molecule has 0 spiro atoms. The predicted molar refractivity (Wildman–Crippen MR) is 142 cm³/mol. The predicted octanol–water partition coefficient (Wildman–Crippen LogP) is 4.54. The summed E-state index contributed by atoms with van der Waals surface area (Å²) < 4.78 is 73.5. The molecule has 4 rings (SSSR count). The van der Waals surface area contributed by atoms with Crippen LogP contribution in [0.15, 0.2) is 53.4 Å².